The van der Waals surface area contributed by atoms with Gasteiger partial charge in [0.2, 0.25) is 5.91 Å². The zero-order valence-electron chi connectivity index (χ0n) is 30.5. The number of fused-ring (bicyclic) bond motifs is 1. The molecule has 3 aromatic rings. The molecule has 0 unspecified atom stereocenters. The highest BCUT2D eigenvalue weighted by molar-refractivity contribution is 5.97. The van der Waals surface area contributed by atoms with Crippen molar-refractivity contribution in [1.82, 2.24) is 35.0 Å². The van der Waals surface area contributed by atoms with Gasteiger partial charge in [-0.15, -0.1) is 0 Å². The Morgan fingerprint density at radius 1 is 1.10 bits per heavy atom. The summed E-state index contributed by atoms with van der Waals surface area (Å²) in [5.41, 5.74) is 2.64. The third-order valence-electron chi connectivity index (χ3n) is 10.2. The summed E-state index contributed by atoms with van der Waals surface area (Å²) in [5, 5.41) is 3.39. The Hall–Kier alpha value is -4.36. The first-order valence-corrected chi connectivity index (χ1v) is 18.2. The van der Waals surface area contributed by atoms with Crippen molar-refractivity contribution in [3.63, 3.8) is 0 Å². The molecule has 1 spiro atoms. The molecule has 274 valence electrons. The second kappa shape index (κ2) is 15.9. The van der Waals surface area contributed by atoms with Crippen molar-refractivity contribution in [1.29, 1.82) is 0 Å². The predicted molar refractivity (Wildman–Crippen MR) is 193 cm³/mol. The van der Waals surface area contributed by atoms with E-state index in [0.717, 1.165) is 76.4 Å². The molecule has 6 rings (SSSR count). The summed E-state index contributed by atoms with van der Waals surface area (Å²) in [7, 11) is 3.57. The first kappa shape index (κ1) is 36.4. The molecule has 1 saturated carbocycles. The van der Waals surface area contributed by atoms with Gasteiger partial charge in [0.25, 0.3) is 5.91 Å². The minimum Gasteiger partial charge on any atom is -0.490 e. The van der Waals surface area contributed by atoms with Gasteiger partial charge in [0.15, 0.2) is 11.6 Å². The SMILES string of the molecule is CCN(C(=O)c1cc(F)ccc1Oc1cncnc1N1CC2(CC(Oc3ccnc4c3CN(CCCNCCC(=O)N(C)C)CC4)C2)C1)C(C)C. The van der Waals surface area contributed by atoms with E-state index in [2.05, 4.69) is 30.1 Å². The first-order chi connectivity index (χ1) is 24.6. The summed E-state index contributed by atoms with van der Waals surface area (Å²) in [4.78, 5) is 46.5. The number of pyridine rings is 1. The van der Waals surface area contributed by atoms with Crippen molar-refractivity contribution < 1.29 is 23.5 Å². The number of nitrogens with one attached hydrogen (secondary N) is 1. The smallest absolute Gasteiger partial charge is 0.257 e. The van der Waals surface area contributed by atoms with Crippen LogP contribution in [-0.2, 0) is 17.8 Å². The number of hydrogen-bond acceptors (Lipinski definition) is 10. The third kappa shape index (κ3) is 8.41. The molecule has 0 radical (unpaired) electrons. The highest BCUT2D eigenvalue weighted by Crippen LogP contribution is 2.52. The van der Waals surface area contributed by atoms with Crippen LogP contribution in [0.2, 0.25) is 0 Å². The molecule has 3 aliphatic rings. The van der Waals surface area contributed by atoms with Crippen LogP contribution in [0.1, 0.15) is 68.1 Å². The lowest BCUT2D eigenvalue weighted by Gasteiger charge is -2.59. The Balaban J connectivity index is 1.01. The van der Waals surface area contributed by atoms with Gasteiger partial charge in [0.05, 0.1) is 11.8 Å². The number of nitrogens with zero attached hydrogens (tertiary/aromatic N) is 7. The Morgan fingerprint density at radius 2 is 1.90 bits per heavy atom. The number of benzene rings is 1. The molecule has 2 aliphatic heterocycles. The van der Waals surface area contributed by atoms with Gasteiger partial charge in [-0.25, -0.2) is 14.4 Å². The van der Waals surface area contributed by atoms with Gasteiger partial charge < -0.3 is 29.5 Å². The van der Waals surface area contributed by atoms with Gasteiger partial charge in [-0.05, 0) is 77.4 Å². The molecular formula is C38H51FN8O4. The van der Waals surface area contributed by atoms with Crippen molar-refractivity contribution in [2.45, 2.75) is 71.6 Å². The zero-order valence-corrected chi connectivity index (χ0v) is 30.5. The Bertz CT molecular complexity index is 1690. The van der Waals surface area contributed by atoms with Gasteiger partial charge in [0, 0.05) is 95.1 Å². The minimum atomic E-state index is -0.499. The summed E-state index contributed by atoms with van der Waals surface area (Å²) in [6, 6.07) is 5.98. The number of rotatable bonds is 15. The number of amides is 2. The molecule has 0 atom stereocenters. The van der Waals surface area contributed by atoms with Crippen LogP contribution in [0.3, 0.4) is 0 Å². The topological polar surface area (TPSA) is 116 Å². The summed E-state index contributed by atoms with van der Waals surface area (Å²) < 4.78 is 27.2. The Labute approximate surface area is 300 Å². The summed E-state index contributed by atoms with van der Waals surface area (Å²) >= 11 is 0. The molecule has 13 heteroatoms. The Kier molecular flexibility index (Phi) is 11.4. The van der Waals surface area contributed by atoms with Crippen molar-refractivity contribution in [3.05, 3.63) is 65.6 Å². The van der Waals surface area contributed by atoms with E-state index < -0.39 is 5.82 Å². The monoisotopic (exact) mass is 702 g/mol. The van der Waals surface area contributed by atoms with Gasteiger partial charge >= 0.3 is 0 Å². The number of carbonyl (C=O) groups excluding carboxylic acids is 2. The second-order valence-electron chi connectivity index (χ2n) is 14.5. The van der Waals surface area contributed by atoms with E-state index in [9.17, 15) is 14.0 Å². The van der Waals surface area contributed by atoms with Crippen LogP contribution in [0.25, 0.3) is 0 Å². The molecule has 2 aromatic heterocycles. The lowest BCUT2D eigenvalue weighted by Crippen LogP contribution is -2.65. The number of halogens is 1. The molecule has 1 N–H and O–H groups in total. The number of ether oxygens (including phenoxy) is 2. The number of aromatic nitrogens is 3. The largest absolute Gasteiger partial charge is 0.490 e. The summed E-state index contributed by atoms with van der Waals surface area (Å²) in [6.07, 6.45) is 9.44. The summed E-state index contributed by atoms with van der Waals surface area (Å²) in [5.74, 6) is 1.65. The molecule has 0 bridgehead atoms. The fourth-order valence-corrected chi connectivity index (χ4v) is 7.47. The maximum atomic E-state index is 14.3. The van der Waals surface area contributed by atoms with Crippen LogP contribution in [-0.4, -0.2) is 114 Å². The number of carbonyl (C=O) groups is 2. The van der Waals surface area contributed by atoms with Gasteiger partial charge in [-0.2, -0.15) is 0 Å². The van der Waals surface area contributed by atoms with E-state index in [-0.39, 0.29) is 40.7 Å². The Morgan fingerprint density at radius 3 is 2.65 bits per heavy atom. The third-order valence-corrected chi connectivity index (χ3v) is 10.2. The quantitative estimate of drug-likeness (QED) is 0.227. The minimum absolute atomic E-state index is 0.0446. The van der Waals surface area contributed by atoms with Gasteiger partial charge in [-0.1, -0.05) is 0 Å². The van der Waals surface area contributed by atoms with E-state index in [1.165, 1.54) is 30.1 Å². The van der Waals surface area contributed by atoms with Crippen molar-refractivity contribution in [3.8, 4) is 17.2 Å². The zero-order chi connectivity index (χ0) is 36.1. The van der Waals surface area contributed by atoms with Crippen LogP contribution < -0.4 is 19.7 Å². The van der Waals surface area contributed by atoms with Crippen LogP contribution in [0.5, 0.6) is 17.2 Å². The standard InChI is InChI=1S/C38H51FN8O4/c1-6-47(26(2)3)37(49)29-18-27(39)8-9-32(29)51-34-21-41-25-43-36(34)46-23-38(24-46)19-28(20-38)50-33-10-15-42-31-12-17-45(22-30(31)33)16-7-13-40-14-11-35(48)44(4)5/h8-10,15,18,21,25-26,28,40H,6-7,11-14,16-17,19-20,22-24H2,1-5H3. The van der Waals surface area contributed by atoms with Crippen molar-refractivity contribution in [2.75, 3.05) is 64.8 Å². The van der Waals surface area contributed by atoms with Crippen LogP contribution in [0.15, 0.2) is 43.0 Å². The van der Waals surface area contributed by atoms with E-state index in [4.69, 9.17) is 9.47 Å². The second-order valence-corrected chi connectivity index (χ2v) is 14.5. The average molecular weight is 703 g/mol. The molecule has 4 heterocycles. The van der Waals surface area contributed by atoms with E-state index in [1.807, 2.05) is 33.0 Å². The number of hydrogen-bond donors (Lipinski definition) is 1. The molecule has 2 amide bonds. The van der Waals surface area contributed by atoms with E-state index in [0.29, 0.717) is 31.1 Å². The first-order valence-electron chi connectivity index (χ1n) is 18.2. The van der Waals surface area contributed by atoms with Crippen molar-refractivity contribution in [2.24, 2.45) is 5.41 Å². The normalized spacial score (nSPS) is 16.7. The van der Waals surface area contributed by atoms with Crippen LogP contribution in [0.4, 0.5) is 10.2 Å². The maximum absolute atomic E-state index is 14.3. The molecule has 51 heavy (non-hydrogen) atoms. The fourth-order valence-electron chi connectivity index (χ4n) is 7.47. The van der Waals surface area contributed by atoms with Crippen molar-refractivity contribution >= 4 is 17.6 Å². The van der Waals surface area contributed by atoms with Crippen LogP contribution in [0, 0.1) is 11.2 Å². The fraction of sp³-hybridized carbons (Fsp3) is 0.553. The van der Waals surface area contributed by atoms with Gasteiger partial charge in [-0.3, -0.25) is 19.5 Å². The van der Waals surface area contributed by atoms with E-state index >= 15 is 0 Å². The molecule has 1 aliphatic carbocycles. The number of anilines is 1. The summed E-state index contributed by atoms with van der Waals surface area (Å²) in [6.45, 7) is 12.3. The maximum Gasteiger partial charge on any atom is 0.257 e. The highest BCUT2D eigenvalue weighted by Gasteiger charge is 2.54. The lowest BCUT2D eigenvalue weighted by atomic mass is 9.61. The molecular weight excluding hydrogens is 651 g/mol. The predicted octanol–water partition coefficient (Wildman–Crippen LogP) is 4.54. The molecule has 12 nitrogen and oxygen atoms in total. The molecule has 1 aromatic carbocycles. The molecule has 2 fully saturated rings. The average Bonchev–Trinajstić information content (AvgIpc) is 3.08. The van der Waals surface area contributed by atoms with E-state index in [1.54, 1.807) is 30.1 Å². The lowest BCUT2D eigenvalue weighted by molar-refractivity contribution is -0.128. The van der Waals surface area contributed by atoms with Gasteiger partial charge in [0.1, 0.15) is 29.7 Å². The van der Waals surface area contributed by atoms with Crippen LogP contribution >= 0.6 is 0 Å². The highest BCUT2D eigenvalue weighted by atomic mass is 19.1. The molecule has 1 saturated heterocycles.